The first kappa shape index (κ1) is 20.8. The number of hydrogen-bond donors (Lipinski definition) is 0. The largest absolute Gasteiger partial charge is 0.358 e. The van der Waals surface area contributed by atoms with Crippen LogP contribution in [0.5, 0.6) is 0 Å². The monoisotopic (exact) mass is 518 g/mol. The van der Waals surface area contributed by atoms with Gasteiger partial charge >= 0.3 is 0 Å². The molecule has 2 fully saturated rings. The zero-order chi connectivity index (χ0) is 14.3. The Morgan fingerprint density at radius 1 is 0.682 bits per heavy atom. The second kappa shape index (κ2) is 8.74. The smallest absolute Gasteiger partial charge is 0.133 e. The third kappa shape index (κ3) is 3.87. The average molecular weight is 518 g/mol. The van der Waals surface area contributed by atoms with E-state index >= 15 is 0 Å². The standard InChI is InChI=1S/C18H28P2.CH3.Pt/c1-13-9-10-14(2)19(13)17-7-5-6-8-18(17)20-15(3)11-12-16(20)4;;/h5-8,13-16H,9-12H2,1-4H3;1H3;/q;-1;/p+2/t13-,14-,15-,16-;;/m1../s1. The fraction of sp³-hybridized carbons (Fsp3) is 0.632. The van der Waals surface area contributed by atoms with Gasteiger partial charge in [0.1, 0.15) is 10.6 Å². The molecule has 3 heteroatoms. The van der Waals surface area contributed by atoms with Gasteiger partial charge in [0.15, 0.2) is 0 Å². The van der Waals surface area contributed by atoms with Crippen molar-refractivity contribution in [3.63, 3.8) is 0 Å². The molecule has 0 spiro atoms. The normalized spacial score (nSPS) is 32.5. The maximum absolute atomic E-state index is 2.52. The molecule has 2 aliphatic rings. The van der Waals surface area contributed by atoms with Gasteiger partial charge in [-0.1, -0.05) is 12.1 Å². The Hall–Kier alpha value is 0.768. The number of rotatable bonds is 2. The van der Waals surface area contributed by atoms with Crippen LogP contribution in [0.1, 0.15) is 53.4 Å². The molecule has 0 bridgehead atoms. The van der Waals surface area contributed by atoms with E-state index in [1.54, 1.807) is 0 Å². The fourth-order valence-corrected chi connectivity index (χ4v) is 12.9. The Kier molecular flexibility index (Phi) is 8.27. The van der Waals surface area contributed by atoms with Crippen molar-refractivity contribution in [1.82, 2.24) is 0 Å². The van der Waals surface area contributed by atoms with Crippen LogP contribution in [0.15, 0.2) is 24.3 Å². The Bertz CT molecular complexity index is 413. The summed E-state index contributed by atoms with van der Waals surface area (Å²) >= 11 is 0. The summed E-state index contributed by atoms with van der Waals surface area (Å²) in [5.74, 6) is 0. The molecule has 22 heavy (non-hydrogen) atoms. The van der Waals surface area contributed by atoms with Crippen molar-refractivity contribution in [1.29, 1.82) is 0 Å². The second-order valence-corrected chi connectivity index (χ2v) is 14.1. The van der Waals surface area contributed by atoms with Crippen LogP contribution in [0.3, 0.4) is 0 Å². The SMILES string of the molecule is C[C@@H]1CC[C@@H](C)[PH+]1c1ccccc1[PH+]1[C@H](C)CC[C@H]1C.[CH3-].[Pt]. The minimum atomic E-state index is -0.332. The first-order chi connectivity index (χ1) is 9.59. The molecule has 2 heterocycles. The molecule has 1 aromatic rings. The van der Waals surface area contributed by atoms with Gasteiger partial charge in [0, 0.05) is 36.9 Å². The zero-order valence-corrected chi connectivity index (χ0v) is 19.0. The molecule has 0 radical (unpaired) electrons. The first-order valence-corrected chi connectivity index (χ1v) is 11.7. The van der Waals surface area contributed by atoms with Crippen molar-refractivity contribution in [3.05, 3.63) is 31.7 Å². The first-order valence-electron chi connectivity index (χ1n) is 8.42. The van der Waals surface area contributed by atoms with Gasteiger partial charge in [-0.05, 0) is 65.5 Å². The Balaban J connectivity index is 0.00000121. The molecule has 128 valence electrons. The van der Waals surface area contributed by atoms with Crippen LogP contribution in [-0.4, -0.2) is 22.6 Å². The molecule has 4 atom stereocenters. The van der Waals surface area contributed by atoms with Gasteiger partial charge in [0.05, 0.1) is 22.6 Å². The van der Waals surface area contributed by atoms with Gasteiger partial charge in [-0.15, -0.1) is 0 Å². The molecule has 0 nitrogen and oxygen atoms in total. The van der Waals surface area contributed by atoms with Gasteiger partial charge in [0.25, 0.3) is 0 Å². The van der Waals surface area contributed by atoms with E-state index in [0.717, 1.165) is 22.6 Å². The summed E-state index contributed by atoms with van der Waals surface area (Å²) < 4.78 is 0. The van der Waals surface area contributed by atoms with E-state index in [1.165, 1.54) is 25.7 Å². The van der Waals surface area contributed by atoms with E-state index < -0.39 is 0 Å². The maximum Gasteiger partial charge on any atom is 0.133 e. The van der Waals surface area contributed by atoms with Gasteiger partial charge in [-0.3, -0.25) is 0 Å². The van der Waals surface area contributed by atoms with Crippen LogP contribution in [0.4, 0.5) is 0 Å². The topological polar surface area (TPSA) is 0 Å². The van der Waals surface area contributed by atoms with Crippen molar-refractivity contribution in [3.8, 4) is 0 Å². The van der Waals surface area contributed by atoms with Gasteiger partial charge < -0.3 is 7.43 Å². The Morgan fingerprint density at radius 3 is 1.23 bits per heavy atom. The van der Waals surface area contributed by atoms with Crippen molar-refractivity contribution < 1.29 is 21.1 Å². The summed E-state index contributed by atoms with van der Waals surface area (Å²) in [7, 11) is -0.664. The van der Waals surface area contributed by atoms with Crippen LogP contribution >= 0.6 is 15.8 Å². The molecule has 2 saturated heterocycles. The van der Waals surface area contributed by atoms with E-state index in [-0.39, 0.29) is 44.3 Å². The van der Waals surface area contributed by atoms with Gasteiger partial charge in [-0.2, -0.15) is 0 Å². The van der Waals surface area contributed by atoms with E-state index in [2.05, 4.69) is 52.0 Å². The Labute approximate surface area is 155 Å². The van der Waals surface area contributed by atoms with Gasteiger partial charge in [0.2, 0.25) is 0 Å². The quantitative estimate of drug-likeness (QED) is 0.384. The molecule has 0 unspecified atom stereocenters. The fourth-order valence-electron chi connectivity index (χ4n) is 4.64. The molecule has 0 amide bonds. The minimum absolute atomic E-state index is 0. The molecule has 0 saturated carbocycles. The molecular formula is C19H33P2Pt+. The zero-order valence-electron chi connectivity index (χ0n) is 14.8. The molecular weight excluding hydrogens is 485 g/mol. The van der Waals surface area contributed by atoms with Crippen LogP contribution in [0.2, 0.25) is 0 Å². The third-order valence-corrected chi connectivity index (χ3v) is 13.5. The van der Waals surface area contributed by atoms with Crippen molar-refractivity contribution in [2.75, 3.05) is 0 Å². The van der Waals surface area contributed by atoms with Crippen LogP contribution in [-0.2, 0) is 21.1 Å². The molecule has 1 aromatic carbocycles. The number of benzene rings is 1. The Morgan fingerprint density at radius 2 is 0.955 bits per heavy atom. The summed E-state index contributed by atoms with van der Waals surface area (Å²) in [6.07, 6.45) is 5.88. The van der Waals surface area contributed by atoms with Crippen molar-refractivity contribution in [2.24, 2.45) is 0 Å². The molecule has 0 N–H and O–H groups in total. The predicted molar refractivity (Wildman–Crippen MR) is 105 cm³/mol. The summed E-state index contributed by atoms with van der Waals surface area (Å²) in [6.45, 7) is 10.1. The van der Waals surface area contributed by atoms with Crippen LogP contribution in [0, 0.1) is 7.43 Å². The van der Waals surface area contributed by atoms with E-state index in [0.29, 0.717) is 0 Å². The maximum atomic E-state index is 2.52. The van der Waals surface area contributed by atoms with E-state index in [4.69, 9.17) is 0 Å². The van der Waals surface area contributed by atoms with E-state index in [1.807, 2.05) is 10.6 Å². The predicted octanol–water partition coefficient (Wildman–Crippen LogP) is 4.95. The molecule has 0 aromatic heterocycles. The summed E-state index contributed by atoms with van der Waals surface area (Å²) in [6, 6.07) is 9.64. The molecule has 0 aliphatic carbocycles. The van der Waals surface area contributed by atoms with Crippen molar-refractivity contribution in [2.45, 2.75) is 76.0 Å². The molecule has 3 rings (SSSR count). The second-order valence-electron chi connectivity index (χ2n) is 7.22. The summed E-state index contributed by atoms with van der Waals surface area (Å²) in [5.41, 5.74) is 3.91. The van der Waals surface area contributed by atoms with Crippen LogP contribution in [0.25, 0.3) is 0 Å². The third-order valence-electron chi connectivity index (χ3n) is 5.74. The van der Waals surface area contributed by atoms with Crippen molar-refractivity contribution >= 4 is 26.5 Å². The summed E-state index contributed by atoms with van der Waals surface area (Å²) in [5, 5.41) is 3.67. The average Bonchev–Trinajstić information content (AvgIpc) is 2.93. The summed E-state index contributed by atoms with van der Waals surface area (Å²) in [4.78, 5) is 0. The molecule has 2 aliphatic heterocycles. The van der Waals surface area contributed by atoms with E-state index in [9.17, 15) is 0 Å². The van der Waals surface area contributed by atoms with Gasteiger partial charge in [-0.25, -0.2) is 0 Å². The number of hydrogen-bond acceptors (Lipinski definition) is 0. The minimum Gasteiger partial charge on any atom is -0.358 e. The van der Waals surface area contributed by atoms with Crippen LogP contribution < -0.4 is 10.6 Å².